The van der Waals surface area contributed by atoms with Crippen molar-refractivity contribution in [2.45, 2.75) is 0 Å². The maximum absolute atomic E-state index is 12.7. The minimum atomic E-state index is -0.261. The van der Waals surface area contributed by atoms with E-state index in [-0.39, 0.29) is 5.91 Å². The number of hydrogen-bond acceptors (Lipinski definition) is 5. The Hall–Kier alpha value is -3.45. The Labute approximate surface area is 159 Å². The molecule has 2 heterocycles. The average Bonchev–Trinajstić information content (AvgIpc) is 3.38. The van der Waals surface area contributed by atoms with E-state index in [1.54, 1.807) is 7.11 Å². The van der Waals surface area contributed by atoms with E-state index in [4.69, 9.17) is 4.74 Å². The molecular weight excluding hydrogens is 360 g/mol. The number of aromatic nitrogens is 3. The third kappa shape index (κ3) is 3.58. The Morgan fingerprint density at radius 3 is 2.59 bits per heavy atom. The predicted octanol–water partition coefficient (Wildman–Crippen LogP) is 4.46. The molecule has 0 unspecified atom stereocenters. The lowest BCUT2D eigenvalue weighted by atomic mass is 10.1. The molecule has 2 N–H and O–H groups in total. The van der Waals surface area contributed by atoms with Gasteiger partial charge in [-0.3, -0.25) is 15.2 Å². The first-order chi connectivity index (χ1) is 13.2. The molecule has 0 aliphatic heterocycles. The number of ether oxygens (including phenoxy) is 1. The van der Waals surface area contributed by atoms with Crippen LogP contribution in [0.2, 0.25) is 0 Å². The second-order valence-electron chi connectivity index (χ2n) is 5.75. The number of carbonyl (C=O) groups excluding carboxylic acids is 1. The number of anilines is 1. The van der Waals surface area contributed by atoms with Crippen LogP contribution in [0.5, 0.6) is 5.75 Å². The summed E-state index contributed by atoms with van der Waals surface area (Å²) in [7, 11) is 1.61. The van der Waals surface area contributed by atoms with Crippen LogP contribution in [0.1, 0.15) is 10.4 Å². The van der Waals surface area contributed by atoms with E-state index >= 15 is 0 Å². The summed E-state index contributed by atoms with van der Waals surface area (Å²) in [5.41, 5.74) is 3.80. The molecule has 0 atom stereocenters. The lowest BCUT2D eigenvalue weighted by Gasteiger charge is -2.05. The largest absolute Gasteiger partial charge is 0.497 e. The zero-order chi connectivity index (χ0) is 18.6. The first kappa shape index (κ1) is 17.0. The summed E-state index contributed by atoms with van der Waals surface area (Å²) in [5.74, 6) is 0.490. The topological polar surface area (TPSA) is 79.9 Å². The molecule has 0 saturated carbocycles. The molecule has 4 rings (SSSR count). The lowest BCUT2D eigenvalue weighted by Crippen LogP contribution is -2.12. The SMILES string of the molecule is COc1ccc(-c2[nH]ncc2C(=O)Nc2nc(-c3ccccc3)cs2)cc1. The molecule has 0 radical (unpaired) electrons. The fraction of sp³-hybridized carbons (Fsp3) is 0.0500. The van der Waals surface area contributed by atoms with Crippen LogP contribution in [0.3, 0.4) is 0 Å². The Bertz CT molecular complexity index is 1060. The zero-order valence-electron chi connectivity index (χ0n) is 14.5. The van der Waals surface area contributed by atoms with Crippen LogP contribution in [0.25, 0.3) is 22.5 Å². The van der Waals surface area contributed by atoms with Gasteiger partial charge < -0.3 is 4.74 Å². The molecule has 0 aliphatic rings. The molecule has 1 amide bonds. The highest BCUT2D eigenvalue weighted by atomic mass is 32.1. The molecule has 4 aromatic rings. The maximum atomic E-state index is 12.7. The number of methoxy groups -OCH3 is 1. The van der Waals surface area contributed by atoms with Gasteiger partial charge in [0.1, 0.15) is 5.75 Å². The van der Waals surface area contributed by atoms with Crippen LogP contribution in [-0.2, 0) is 0 Å². The highest BCUT2D eigenvalue weighted by Crippen LogP contribution is 2.27. The molecule has 0 saturated heterocycles. The van der Waals surface area contributed by atoms with Crippen molar-refractivity contribution in [1.82, 2.24) is 15.2 Å². The van der Waals surface area contributed by atoms with Gasteiger partial charge in [-0.05, 0) is 24.3 Å². The fourth-order valence-electron chi connectivity index (χ4n) is 2.67. The van der Waals surface area contributed by atoms with Crippen LogP contribution in [0.15, 0.2) is 66.2 Å². The first-order valence-electron chi connectivity index (χ1n) is 8.24. The summed E-state index contributed by atoms with van der Waals surface area (Å²) in [4.78, 5) is 17.2. The van der Waals surface area contributed by atoms with Crippen molar-refractivity contribution in [1.29, 1.82) is 0 Å². The number of nitrogens with one attached hydrogen (secondary N) is 2. The van der Waals surface area contributed by atoms with Crippen molar-refractivity contribution in [3.05, 3.63) is 71.7 Å². The van der Waals surface area contributed by atoms with E-state index in [9.17, 15) is 4.79 Å². The number of hydrogen-bond donors (Lipinski definition) is 2. The van der Waals surface area contributed by atoms with E-state index in [0.29, 0.717) is 16.4 Å². The molecule has 0 aliphatic carbocycles. The Morgan fingerprint density at radius 2 is 1.85 bits per heavy atom. The lowest BCUT2D eigenvalue weighted by molar-refractivity contribution is 0.102. The molecular formula is C20H16N4O2S. The van der Waals surface area contributed by atoms with Gasteiger partial charge in [0, 0.05) is 16.5 Å². The number of thiazole rings is 1. The van der Waals surface area contributed by atoms with E-state index in [1.807, 2.05) is 60.0 Å². The first-order valence-corrected chi connectivity index (χ1v) is 9.12. The molecule has 134 valence electrons. The van der Waals surface area contributed by atoms with Gasteiger partial charge in [0.25, 0.3) is 5.91 Å². The molecule has 2 aromatic heterocycles. The third-order valence-corrected chi connectivity index (χ3v) is 4.81. The average molecular weight is 376 g/mol. The van der Waals surface area contributed by atoms with Crippen LogP contribution in [0.4, 0.5) is 5.13 Å². The van der Waals surface area contributed by atoms with Gasteiger partial charge in [0.2, 0.25) is 0 Å². The number of carbonyl (C=O) groups is 1. The summed E-state index contributed by atoms with van der Waals surface area (Å²) >= 11 is 1.39. The van der Waals surface area contributed by atoms with Crippen molar-refractivity contribution >= 4 is 22.4 Å². The van der Waals surface area contributed by atoms with Crippen molar-refractivity contribution in [2.75, 3.05) is 12.4 Å². The Morgan fingerprint density at radius 1 is 1.07 bits per heavy atom. The van der Waals surface area contributed by atoms with Crippen LogP contribution in [0, 0.1) is 0 Å². The molecule has 2 aromatic carbocycles. The van der Waals surface area contributed by atoms with E-state index < -0.39 is 0 Å². The molecule has 0 spiro atoms. The second kappa shape index (κ2) is 7.43. The third-order valence-electron chi connectivity index (χ3n) is 4.06. The minimum Gasteiger partial charge on any atom is -0.497 e. The summed E-state index contributed by atoms with van der Waals surface area (Å²) in [6.45, 7) is 0. The van der Waals surface area contributed by atoms with E-state index in [2.05, 4.69) is 20.5 Å². The van der Waals surface area contributed by atoms with Crippen molar-refractivity contribution in [3.63, 3.8) is 0 Å². The molecule has 0 fully saturated rings. The summed E-state index contributed by atoms with van der Waals surface area (Å²) in [5, 5.41) is 12.2. The van der Waals surface area contributed by atoms with Crippen molar-refractivity contribution in [3.8, 4) is 28.3 Å². The van der Waals surface area contributed by atoms with Gasteiger partial charge in [-0.2, -0.15) is 5.10 Å². The summed E-state index contributed by atoms with van der Waals surface area (Å²) < 4.78 is 5.17. The van der Waals surface area contributed by atoms with Gasteiger partial charge in [0.15, 0.2) is 5.13 Å². The van der Waals surface area contributed by atoms with Gasteiger partial charge in [-0.15, -0.1) is 11.3 Å². The zero-order valence-corrected chi connectivity index (χ0v) is 15.3. The highest BCUT2D eigenvalue weighted by molar-refractivity contribution is 7.14. The van der Waals surface area contributed by atoms with Gasteiger partial charge in [-0.25, -0.2) is 4.98 Å². The summed E-state index contributed by atoms with van der Waals surface area (Å²) in [6, 6.07) is 17.3. The summed E-state index contributed by atoms with van der Waals surface area (Å²) in [6.07, 6.45) is 1.51. The smallest absolute Gasteiger partial charge is 0.261 e. The monoisotopic (exact) mass is 376 g/mol. The number of amides is 1. The minimum absolute atomic E-state index is 0.261. The highest BCUT2D eigenvalue weighted by Gasteiger charge is 2.17. The second-order valence-corrected chi connectivity index (χ2v) is 6.60. The number of benzene rings is 2. The Kier molecular flexibility index (Phi) is 4.67. The van der Waals surface area contributed by atoms with Crippen LogP contribution >= 0.6 is 11.3 Å². The quantitative estimate of drug-likeness (QED) is 0.539. The van der Waals surface area contributed by atoms with Crippen LogP contribution in [-0.4, -0.2) is 28.2 Å². The normalized spacial score (nSPS) is 10.6. The molecule has 6 nitrogen and oxygen atoms in total. The number of aromatic amines is 1. The van der Waals surface area contributed by atoms with Crippen molar-refractivity contribution in [2.24, 2.45) is 0 Å². The van der Waals surface area contributed by atoms with Crippen molar-refractivity contribution < 1.29 is 9.53 Å². The maximum Gasteiger partial charge on any atom is 0.261 e. The standard InChI is InChI=1S/C20H16N4O2S/c1-26-15-9-7-14(8-10-15)18-16(11-21-24-18)19(25)23-20-22-17(12-27-20)13-5-3-2-4-6-13/h2-12H,1H3,(H,21,24)(H,22,23,25). The number of nitrogens with zero attached hydrogens (tertiary/aromatic N) is 2. The molecule has 7 heteroatoms. The molecule has 0 bridgehead atoms. The van der Waals surface area contributed by atoms with E-state index in [1.165, 1.54) is 17.5 Å². The van der Waals surface area contributed by atoms with Gasteiger partial charge in [-0.1, -0.05) is 30.3 Å². The van der Waals surface area contributed by atoms with E-state index in [0.717, 1.165) is 22.6 Å². The number of H-pyrrole nitrogens is 1. The number of rotatable bonds is 5. The Balaban J connectivity index is 1.54. The van der Waals surface area contributed by atoms with Gasteiger partial charge >= 0.3 is 0 Å². The van der Waals surface area contributed by atoms with Gasteiger partial charge in [0.05, 0.1) is 30.3 Å². The molecule has 27 heavy (non-hydrogen) atoms. The fourth-order valence-corrected chi connectivity index (χ4v) is 3.39. The van der Waals surface area contributed by atoms with Crippen LogP contribution < -0.4 is 10.1 Å². The predicted molar refractivity (Wildman–Crippen MR) is 106 cm³/mol.